The maximum atomic E-state index is 12.1. The highest BCUT2D eigenvalue weighted by Gasteiger charge is 2.17. The minimum absolute atomic E-state index is 0.00957. The Morgan fingerprint density at radius 2 is 2.20 bits per heavy atom. The molecule has 0 fully saturated rings. The standard InChI is InChI=1S/C11H14ClN5O2S/c12-8-3-4-9(13)10(6-8)20(18,19)16-5-1-2-11-14-7-15-17-11/h3-4,6-7,16H,1-2,5,13H2,(H,14,15,17). The monoisotopic (exact) mass is 315 g/mol. The second-order valence-corrected chi connectivity index (χ2v) is 6.29. The van der Waals surface area contributed by atoms with E-state index in [1.54, 1.807) is 6.07 Å². The predicted molar refractivity (Wildman–Crippen MR) is 75.8 cm³/mol. The second-order valence-electron chi connectivity index (χ2n) is 4.12. The van der Waals surface area contributed by atoms with Gasteiger partial charge in [-0.1, -0.05) is 11.6 Å². The number of hydrogen-bond acceptors (Lipinski definition) is 5. The number of aromatic nitrogens is 3. The summed E-state index contributed by atoms with van der Waals surface area (Å²) >= 11 is 5.78. The zero-order valence-corrected chi connectivity index (χ0v) is 12.1. The third-order valence-electron chi connectivity index (χ3n) is 2.61. The van der Waals surface area contributed by atoms with Crippen LogP contribution in [0.1, 0.15) is 12.2 Å². The molecule has 1 aromatic carbocycles. The van der Waals surface area contributed by atoms with Crippen LogP contribution >= 0.6 is 11.6 Å². The Morgan fingerprint density at radius 3 is 2.90 bits per heavy atom. The van der Waals surface area contributed by atoms with Crippen LogP contribution in [0.4, 0.5) is 5.69 Å². The molecule has 0 radical (unpaired) electrons. The van der Waals surface area contributed by atoms with E-state index in [1.165, 1.54) is 18.5 Å². The molecular weight excluding hydrogens is 302 g/mol. The number of aryl methyl sites for hydroxylation is 1. The Kier molecular flexibility index (Phi) is 4.58. The lowest BCUT2D eigenvalue weighted by Gasteiger charge is -2.09. The van der Waals surface area contributed by atoms with Crippen molar-refractivity contribution in [3.05, 3.63) is 35.4 Å². The Hall–Kier alpha value is -1.64. The van der Waals surface area contributed by atoms with Crippen LogP contribution in [0.5, 0.6) is 0 Å². The molecule has 1 aromatic heterocycles. The van der Waals surface area contributed by atoms with Crippen molar-refractivity contribution in [1.29, 1.82) is 0 Å². The van der Waals surface area contributed by atoms with Gasteiger partial charge in [0.1, 0.15) is 17.0 Å². The fourth-order valence-corrected chi connectivity index (χ4v) is 3.10. The van der Waals surface area contributed by atoms with Crippen molar-refractivity contribution in [1.82, 2.24) is 19.9 Å². The van der Waals surface area contributed by atoms with Crippen LogP contribution in [0, 0.1) is 0 Å². The minimum atomic E-state index is -3.66. The second kappa shape index (κ2) is 6.21. The number of nitrogens with zero attached hydrogens (tertiary/aromatic N) is 2. The van der Waals surface area contributed by atoms with E-state index in [2.05, 4.69) is 19.9 Å². The molecule has 4 N–H and O–H groups in total. The maximum Gasteiger partial charge on any atom is 0.242 e. The molecule has 9 heteroatoms. The number of benzene rings is 1. The molecule has 0 aliphatic rings. The number of halogens is 1. The summed E-state index contributed by atoms with van der Waals surface area (Å²) in [6.07, 6.45) is 2.61. The number of aromatic amines is 1. The molecule has 0 bridgehead atoms. The third-order valence-corrected chi connectivity index (χ3v) is 4.36. The van der Waals surface area contributed by atoms with E-state index in [9.17, 15) is 8.42 Å². The van der Waals surface area contributed by atoms with Gasteiger partial charge in [0.05, 0.1) is 5.69 Å². The number of hydrogen-bond donors (Lipinski definition) is 3. The molecule has 0 aliphatic heterocycles. The van der Waals surface area contributed by atoms with Gasteiger partial charge in [0.2, 0.25) is 10.0 Å². The molecule has 108 valence electrons. The molecule has 0 saturated carbocycles. The van der Waals surface area contributed by atoms with Crippen molar-refractivity contribution in [3.63, 3.8) is 0 Å². The number of sulfonamides is 1. The van der Waals surface area contributed by atoms with Crippen molar-refractivity contribution in [3.8, 4) is 0 Å². The highest BCUT2D eigenvalue weighted by molar-refractivity contribution is 7.89. The van der Waals surface area contributed by atoms with Crippen molar-refractivity contribution in [2.45, 2.75) is 17.7 Å². The Balaban J connectivity index is 1.95. The average molecular weight is 316 g/mol. The van der Waals surface area contributed by atoms with E-state index < -0.39 is 10.0 Å². The van der Waals surface area contributed by atoms with Gasteiger partial charge in [0.15, 0.2) is 0 Å². The zero-order valence-electron chi connectivity index (χ0n) is 10.5. The molecule has 20 heavy (non-hydrogen) atoms. The van der Waals surface area contributed by atoms with Gasteiger partial charge in [-0.3, -0.25) is 5.10 Å². The van der Waals surface area contributed by atoms with Crippen LogP contribution in [-0.4, -0.2) is 30.1 Å². The lowest BCUT2D eigenvalue weighted by Crippen LogP contribution is -2.26. The van der Waals surface area contributed by atoms with Crippen molar-refractivity contribution < 1.29 is 8.42 Å². The Labute approximate surface area is 121 Å². The topological polar surface area (TPSA) is 114 Å². The van der Waals surface area contributed by atoms with Crippen LogP contribution in [0.15, 0.2) is 29.4 Å². The molecule has 0 aliphatic carbocycles. The molecule has 0 unspecified atom stereocenters. The number of rotatable bonds is 6. The van der Waals surface area contributed by atoms with E-state index >= 15 is 0 Å². The molecule has 0 amide bonds. The summed E-state index contributed by atoms with van der Waals surface area (Å²) in [7, 11) is -3.66. The smallest absolute Gasteiger partial charge is 0.242 e. The van der Waals surface area contributed by atoms with E-state index in [1.807, 2.05) is 0 Å². The van der Waals surface area contributed by atoms with Crippen LogP contribution < -0.4 is 10.5 Å². The number of nitrogens with one attached hydrogen (secondary N) is 2. The largest absolute Gasteiger partial charge is 0.398 e. The third kappa shape index (κ3) is 3.69. The molecule has 0 atom stereocenters. The summed E-state index contributed by atoms with van der Waals surface area (Å²) in [4.78, 5) is 3.94. The normalized spacial score (nSPS) is 11.7. The number of nitrogens with two attached hydrogens (primary N) is 1. The first kappa shape index (κ1) is 14.8. The summed E-state index contributed by atoms with van der Waals surface area (Å²) in [5.41, 5.74) is 5.82. The van der Waals surface area contributed by atoms with Crippen LogP contribution in [0.3, 0.4) is 0 Å². The zero-order chi connectivity index (χ0) is 14.6. The van der Waals surface area contributed by atoms with Crippen LogP contribution in [-0.2, 0) is 16.4 Å². The van der Waals surface area contributed by atoms with Crippen LogP contribution in [0.25, 0.3) is 0 Å². The van der Waals surface area contributed by atoms with Gasteiger partial charge in [-0.15, -0.1) is 0 Å². The quantitative estimate of drug-likeness (QED) is 0.542. The van der Waals surface area contributed by atoms with Crippen molar-refractivity contribution in [2.75, 3.05) is 12.3 Å². The number of nitrogen functional groups attached to an aromatic ring is 1. The summed E-state index contributed by atoms with van der Waals surface area (Å²) in [6.45, 7) is 0.273. The lowest BCUT2D eigenvalue weighted by molar-refractivity contribution is 0.578. The van der Waals surface area contributed by atoms with Gasteiger partial charge in [-0.05, 0) is 24.6 Å². The predicted octanol–water partition coefficient (Wildman–Crippen LogP) is 0.951. The van der Waals surface area contributed by atoms with Gasteiger partial charge in [-0.25, -0.2) is 18.1 Å². The first-order chi connectivity index (χ1) is 9.49. The van der Waals surface area contributed by atoms with E-state index in [4.69, 9.17) is 17.3 Å². The number of anilines is 1. The molecule has 7 nitrogen and oxygen atoms in total. The highest BCUT2D eigenvalue weighted by Crippen LogP contribution is 2.22. The van der Waals surface area contributed by atoms with E-state index in [-0.39, 0.29) is 17.1 Å². The summed E-state index contributed by atoms with van der Waals surface area (Å²) < 4.78 is 26.6. The van der Waals surface area contributed by atoms with Gasteiger partial charge in [0, 0.05) is 18.0 Å². The summed E-state index contributed by atoms with van der Waals surface area (Å²) in [5, 5.41) is 6.74. The molecule has 2 aromatic rings. The first-order valence-electron chi connectivity index (χ1n) is 5.88. The lowest BCUT2D eigenvalue weighted by atomic mass is 10.3. The van der Waals surface area contributed by atoms with E-state index in [0.717, 1.165) is 0 Å². The molecule has 2 rings (SSSR count). The fourth-order valence-electron chi connectivity index (χ4n) is 1.63. The van der Waals surface area contributed by atoms with E-state index in [0.29, 0.717) is 23.7 Å². The van der Waals surface area contributed by atoms with Gasteiger partial charge >= 0.3 is 0 Å². The maximum absolute atomic E-state index is 12.1. The van der Waals surface area contributed by atoms with Gasteiger partial charge in [-0.2, -0.15) is 5.10 Å². The number of H-pyrrole nitrogens is 1. The molecule has 0 saturated heterocycles. The SMILES string of the molecule is Nc1ccc(Cl)cc1S(=O)(=O)NCCCc1ncn[nH]1. The summed E-state index contributed by atoms with van der Waals surface area (Å²) in [5.74, 6) is 0.714. The van der Waals surface area contributed by atoms with Gasteiger partial charge < -0.3 is 5.73 Å². The fraction of sp³-hybridized carbons (Fsp3) is 0.273. The molecule has 0 spiro atoms. The Bertz CT molecular complexity index is 672. The summed E-state index contributed by atoms with van der Waals surface area (Å²) in [6, 6.07) is 4.33. The minimum Gasteiger partial charge on any atom is -0.398 e. The average Bonchev–Trinajstić information content (AvgIpc) is 2.90. The van der Waals surface area contributed by atoms with Crippen molar-refractivity contribution >= 4 is 27.3 Å². The van der Waals surface area contributed by atoms with Crippen molar-refractivity contribution in [2.24, 2.45) is 0 Å². The highest BCUT2D eigenvalue weighted by atomic mass is 35.5. The molecular formula is C11H14ClN5O2S. The first-order valence-corrected chi connectivity index (χ1v) is 7.74. The van der Waals surface area contributed by atoms with Crippen LogP contribution in [0.2, 0.25) is 5.02 Å². The van der Waals surface area contributed by atoms with Gasteiger partial charge in [0.25, 0.3) is 0 Å². The molecule has 1 heterocycles. The Morgan fingerprint density at radius 1 is 1.40 bits per heavy atom.